The molecule has 2 aliphatic heterocycles. The Morgan fingerprint density at radius 1 is 1.07 bits per heavy atom. The van der Waals surface area contributed by atoms with E-state index in [1.165, 1.54) is 43.6 Å². The van der Waals surface area contributed by atoms with Crippen molar-refractivity contribution in [2.75, 3.05) is 24.6 Å². The molecule has 80 valence electrons. The first-order valence-corrected chi connectivity index (χ1v) is 5.95. The molecule has 1 aromatic carbocycles. The minimum atomic E-state index is 0.861. The molecule has 1 fully saturated rings. The topological polar surface area (TPSA) is 12.5 Å². The molecule has 0 aromatic heterocycles. The van der Waals surface area contributed by atoms with E-state index in [1.54, 1.807) is 0 Å². The van der Waals surface area contributed by atoms with Crippen molar-refractivity contribution in [3.05, 3.63) is 23.8 Å². The van der Waals surface area contributed by atoms with Gasteiger partial charge in [-0.1, -0.05) is 12.1 Å². The third-order valence-electron chi connectivity index (χ3n) is 3.39. The third kappa shape index (κ3) is 1.58. The van der Waals surface area contributed by atoms with Gasteiger partial charge in [0.2, 0.25) is 0 Å². The van der Waals surface area contributed by atoms with Gasteiger partial charge in [0.05, 0.1) is 12.3 Å². The fourth-order valence-electron chi connectivity index (χ4n) is 2.58. The summed E-state index contributed by atoms with van der Waals surface area (Å²) in [5, 5.41) is 0. The van der Waals surface area contributed by atoms with Crippen molar-refractivity contribution in [2.45, 2.75) is 25.7 Å². The Labute approximate surface area is 90.8 Å². The maximum absolute atomic E-state index is 5.74. The van der Waals surface area contributed by atoms with Crippen LogP contribution in [0.25, 0.3) is 0 Å². The minimum Gasteiger partial charge on any atom is -0.491 e. The van der Waals surface area contributed by atoms with Crippen LogP contribution in [0.1, 0.15) is 24.8 Å². The number of ether oxygens (including phenoxy) is 1. The maximum Gasteiger partial charge on any atom is 0.145 e. The summed E-state index contributed by atoms with van der Waals surface area (Å²) in [5.41, 5.74) is 2.71. The molecule has 2 aliphatic rings. The van der Waals surface area contributed by atoms with Gasteiger partial charge in [0, 0.05) is 19.5 Å². The van der Waals surface area contributed by atoms with Crippen molar-refractivity contribution in [1.29, 1.82) is 0 Å². The number of fused-ring (bicyclic) bond motifs is 1. The van der Waals surface area contributed by atoms with E-state index in [0.29, 0.717) is 0 Å². The summed E-state index contributed by atoms with van der Waals surface area (Å²) in [6.07, 6.45) is 5.11. The van der Waals surface area contributed by atoms with Crippen LogP contribution in [0.15, 0.2) is 18.2 Å². The molecule has 0 amide bonds. The van der Waals surface area contributed by atoms with Crippen LogP contribution in [-0.2, 0) is 6.42 Å². The highest BCUT2D eigenvalue weighted by Gasteiger charge is 2.20. The smallest absolute Gasteiger partial charge is 0.145 e. The Balaban J connectivity index is 1.93. The predicted octanol–water partition coefficient (Wildman–Crippen LogP) is 2.61. The first-order chi connectivity index (χ1) is 7.45. The number of benzene rings is 1. The number of anilines is 1. The van der Waals surface area contributed by atoms with Gasteiger partial charge in [-0.2, -0.15) is 0 Å². The zero-order valence-electron chi connectivity index (χ0n) is 9.04. The molecule has 2 heterocycles. The second kappa shape index (κ2) is 3.76. The van der Waals surface area contributed by atoms with Gasteiger partial charge in [0.1, 0.15) is 5.75 Å². The molecule has 1 saturated heterocycles. The molecule has 3 rings (SSSR count). The highest BCUT2D eigenvalue weighted by atomic mass is 16.5. The largest absolute Gasteiger partial charge is 0.491 e. The third-order valence-corrected chi connectivity index (χ3v) is 3.39. The summed E-state index contributed by atoms with van der Waals surface area (Å²) < 4.78 is 5.74. The van der Waals surface area contributed by atoms with Crippen molar-refractivity contribution in [1.82, 2.24) is 0 Å². The molecule has 2 nitrogen and oxygen atoms in total. The molecular formula is C13H17NO. The molecule has 0 unspecified atom stereocenters. The monoisotopic (exact) mass is 203 g/mol. The number of nitrogens with zero attached hydrogens (tertiary/aromatic N) is 1. The second-order valence-electron chi connectivity index (χ2n) is 4.41. The highest BCUT2D eigenvalue weighted by Crippen LogP contribution is 2.37. The van der Waals surface area contributed by atoms with E-state index in [2.05, 4.69) is 23.1 Å². The summed E-state index contributed by atoms with van der Waals surface area (Å²) in [6, 6.07) is 6.56. The van der Waals surface area contributed by atoms with Crippen molar-refractivity contribution < 1.29 is 4.74 Å². The van der Waals surface area contributed by atoms with Gasteiger partial charge in [0.25, 0.3) is 0 Å². The van der Waals surface area contributed by atoms with Crippen LogP contribution in [0.3, 0.4) is 0 Å². The molecule has 0 bridgehead atoms. The Hall–Kier alpha value is -1.18. The van der Waals surface area contributed by atoms with Crippen molar-refractivity contribution in [3.8, 4) is 5.75 Å². The summed E-state index contributed by atoms with van der Waals surface area (Å²) >= 11 is 0. The molecule has 2 heteroatoms. The van der Waals surface area contributed by atoms with Gasteiger partial charge >= 0.3 is 0 Å². The highest BCUT2D eigenvalue weighted by molar-refractivity contribution is 5.63. The number of para-hydroxylation sites is 1. The summed E-state index contributed by atoms with van der Waals surface area (Å²) in [5.74, 6) is 1.15. The van der Waals surface area contributed by atoms with E-state index < -0.39 is 0 Å². The van der Waals surface area contributed by atoms with Crippen LogP contribution in [0.2, 0.25) is 0 Å². The van der Waals surface area contributed by atoms with Crippen molar-refractivity contribution >= 4 is 5.69 Å². The Morgan fingerprint density at radius 2 is 1.93 bits per heavy atom. The number of hydrogen-bond acceptors (Lipinski definition) is 2. The number of hydrogen-bond donors (Lipinski definition) is 0. The van der Waals surface area contributed by atoms with Crippen molar-refractivity contribution in [2.24, 2.45) is 0 Å². The van der Waals surface area contributed by atoms with Gasteiger partial charge in [-0.25, -0.2) is 0 Å². The minimum absolute atomic E-state index is 0.861. The lowest BCUT2D eigenvalue weighted by Crippen LogP contribution is -2.29. The van der Waals surface area contributed by atoms with Crippen LogP contribution in [-0.4, -0.2) is 19.7 Å². The van der Waals surface area contributed by atoms with Gasteiger partial charge in [0.15, 0.2) is 0 Å². The Kier molecular flexibility index (Phi) is 2.28. The lowest BCUT2D eigenvalue weighted by molar-refractivity contribution is 0.356. The lowest BCUT2D eigenvalue weighted by Gasteiger charge is -2.29. The molecule has 0 N–H and O–H groups in total. The van der Waals surface area contributed by atoms with E-state index in [0.717, 1.165) is 18.8 Å². The quantitative estimate of drug-likeness (QED) is 0.695. The van der Waals surface area contributed by atoms with Gasteiger partial charge < -0.3 is 9.64 Å². The molecule has 0 saturated carbocycles. The average molecular weight is 203 g/mol. The number of piperidine rings is 1. The van der Waals surface area contributed by atoms with Crippen LogP contribution >= 0.6 is 0 Å². The first kappa shape index (κ1) is 9.08. The molecule has 0 spiro atoms. The van der Waals surface area contributed by atoms with Gasteiger partial charge in [-0.05, 0) is 30.9 Å². The standard InChI is InChI=1S/C13H17NO/c1-2-8-14(9-3-1)12-6-4-5-11-7-10-15-13(11)12/h4-6H,1-3,7-10H2. The van der Waals surface area contributed by atoms with E-state index in [9.17, 15) is 0 Å². The molecular weight excluding hydrogens is 186 g/mol. The normalized spacial score (nSPS) is 19.9. The van der Waals surface area contributed by atoms with Crippen LogP contribution in [0.4, 0.5) is 5.69 Å². The first-order valence-electron chi connectivity index (χ1n) is 5.95. The number of rotatable bonds is 1. The van der Waals surface area contributed by atoms with E-state index in [-0.39, 0.29) is 0 Å². The molecule has 0 aliphatic carbocycles. The second-order valence-corrected chi connectivity index (χ2v) is 4.41. The fraction of sp³-hybridized carbons (Fsp3) is 0.538. The zero-order chi connectivity index (χ0) is 10.1. The molecule has 0 radical (unpaired) electrons. The molecule has 15 heavy (non-hydrogen) atoms. The van der Waals surface area contributed by atoms with E-state index in [4.69, 9.17) is 4.74 Å². The SMILES string of the molecule is c1cc2c(c(N3CCCCC3)c1)OCC2. The van der Waals surface area contributed by atoms with Crippen LogP contribution in [0, 0.1) is 0 Å². The van der Waals surface area contributed by atoms with E-state index in [1.807, 2.05) is 0 Å². The van der Waals surface area contributed by atoms with Crippen LogP contribution in [0.5, 0.6) is 5.75 Å². The van der Waals surface area contributed by atoms with Crippen molar-refractivity contribution in [3.63, 3.8) is 0 Å². The maximum atomic E-state index is 5.74. The average Bonchev–Trinajstić information content (AvgIpc) is 2.78. The predicted molar refractivity (Wildman–Crippen MR) is 61.7 cm³/mol. The fourth-order valence-corrected chi connectivity index (χ4v) is 2.58. The van der Waals surface area contributed by atoms with E-state index >= 15 is 0 Å². The Bertz CT molecular complexity index is 356. The zero-order valence-corrected chi connectivity index (χ0v) is 9.04. The summed E-state index contributed by atoms with van der Waals surface area (Å²) in [6.45, 7) is 3.25. The molecule has 0 atom stereocenters. The summed E-state index contributed by atoms with van der Waals surface area (Å²) in [4.78, 5) is 2.48. The lowest BCUT2D eigenvalue weighted by atomic mass is 10.1. The van der Waals surface area contributed by atoms with Crippen LogP contribution < -0.4 is 9.64 Å². The summed E-state index contributed by atoms with van der Waals surface area (Å²) in [7, 11) is 0. The Morgan fingerprint density at radius 3 is 2.80 bits per heavy atom. The van der Waals surface area contributed by atoms with Gasteiger partial charge in [-0.3, -0.25) is 0 Å². The molecule has 1 aromatic rings. The van der Waals surface area contributed by atoms with Gasteiger partial charge in [-0.15, -0.1) is 0 Å².